The van der Waals surface area contributed by atoms with Crippen LogP contribution in [0.4, 0.5) is 0 Å². The van der Waals surface area contributed by atoms with Crippen LogP contribution < -0.4 is 0 Å². The summed E-state index contributed by atoms with van der Waals surface area (Å²) in [5.74, 6) is 0.202. The predicted molar refractivity (Wildman–Crippen MR) is 68.1 cm³/mol. The molecule has 2 rings (SSSR count). The highest BCUT2D eigenvalue weighted by molar-refractivity contribution is 6.32. The molecule has 92 valence electrons. The van der Waals surface area contributed by atoms with Crippen molar-refractivity contribution in [3.05, 3.63) is 28.0 Å². The van der Waals surface area contributed by atoms with Crippen molar-refractivity contribution in [3.8, 4) is 0 Å². The molecule has 1 fully saturated rings. The van der Waals surface area contributed by atoms with E-state index in [1.54, 1.807) is 6.07 Å². The third-order valence-electron chi connectivity index (χ3n) is 2.92. The van der Waals surface area contributed by atoms with Gasteiger partial charge in [0.05, 0.1) is 0 Å². The number of aromatic nitrogens is 1. The molecule has 1 aromatic rings. The summed E-state index contributed by atoms with van der Waals surface area (Å²) in [6.45, 7) is 1.33. The predicted octanol–water partition coefficient (Wildman–Crippen LogP) is 3.29. The lowest BCUT2D eigenvalue weighted by Gasteiger charge is -2.20. The fourth-order valence-electron chi connectivity index (χ4n) is 1.97. The summed E-state index contributed by atoms with van der Waals surface area (Å²) in [4.78, 5) is 17.7. The maximum atomic E-state index is 11.8. The van der Waals surface area contributed by atoms with Crippen LogP contribution in [0.5, 0.6) is 0 Å². The number of halogens is 2. The number of pyridine rings is 1. The van der Waals surface area contributed by atoms with Crippen LogP contribution in [0.25, 0.3) is 0 Å². The summed E-state index contributed by atoms with van der Waals surface area (Å²) in [7, 11) is 0. The molecule has 0 saturated carbocycles. The van der Waals surface area contributed by atoms with Gasteiger partial charge in [-0.15, -0.1) is 0 Å². The van der Waals surface area contributed by atoms with E-state index < -0.39 is 0 Å². The quantitative estimate of drug-likeness (QED) is 0.775. The summed E-state index contributed by atoms with van der Waals surface area (Å²) in [6.07, 6.45) is 3.81. The number of carbonyl (C=O) groups is 1. The molecule has 0 aromatic carbocycles. The molecule has 17 heavy (non-hydrogen) atoms. The van der Waals surface area contributed by atoms with E-state index >= 15 is 0 Å². The highest BCUT2D eigenvalue weighted by atomic mass is 35.5. The first-order valence-corrected chi connectivity index (χ1v) is 6.51. The van der Waals surface area contributed by atoms with Crippen molar-refractivity contribution in [2.45, 2.75) is 32.2 Å². The van der Waals surface area contributed by atoms with Gasteiger partial charge in [0.25, 0.3) is 0 Å². The Morgan fingerprint density at radius 3 is 2.82 bits per heavy atom. The molecular weight excluding hydrogens is 259 g/mol. The molecule has 0 atom stereocenters. The van der Waals surface area contributed by atoms with Gasteiger partial charge in [0.2, 0.25) is 5.91 Å². The first-order chi connectivity index (χ1) is 8.16. The van der Waals surface area contributed by atoms with Gasteiger partial charge < -0.3 is 4.90 Å². The van der Waals surface area contributed by atoms with Crippen LogP contribution in [0, 0.1) is 0 Å². The van der Waals surface area contributed by atoms with E-state index in [4.69, 9.17) is 23.2 Å². The fourth-order valence-corrected chi connectivity index (χ4v) is 2.37. The summed E-state index contributed by atoms with van der Waals surface area (Å²) in [6, 6.07) is 3.53. The third kappa shape index (κ3) is 3.33. The molecule has 2 heterocycles. The van der Waals surface area contributed by atoms with Crippen molar-refractivity contribution in [2.75, 3.05) is 6.54 Å². The summed E-state index contributed by atoms with van der Waals surface area (Å²) in [5, 5.41) is 0.760. The van der Waals surface area contributed by atoms with Gasteiger partial charge in [-0.3, -0.25) is 4.79 Å². The SMILES string of the molecule is O=C1CCCCCN1Cc1ccc(Cl)nc1Cl. The highest BCUT2D eigenvalue weighted by Crippen LogP contribution is 2.20. The normalized spacial score (nSPS) is 17.1. The lowest BCUT2D eigenvalue weighted by Crippen LogP contribution is -2.29. The van der Waals surface area contributed by atoms with E-state index in [-0.39, 0.29) is 5.91 Å². The number of carbonyl (C=O) groups excluding carboxylic acids is 1. The molecule has 1 aliphatic heterocycles. The third-order valence-corrected chi connectivity index (χ3v) is 3.46. The Morgan fingerprint density at radius 2 is 2.06 bits per heavy atom. The second-order valence-corrected chi connectivity index (χ2v) is 4.96. The molecule has 1 amide bonds. The second kappa shape index (κ2) is 5.69. The van der Waals surface area contributed by atoms with Gasteiger partial charge >= 0.3 is 0 Å². The maximum Gasteiger partial charge on any atom is 0.222 e. The number of nitrogens with zero attached hydrogens (tertiary/aromatic N) is 2. The Balaban J connectivity index is 2.10. The zero-order chi connectivity index (χ0) is 12.3. The van der Waals surface area contributed by atoms with Crippen molar-refractivity contribution in [1.82, 2.24) is 9.88 Å². The lowest BCUT2D eigenvalue weighted by atomic mass is 10.2. The monoisotopic (exact) mass is 272 g/mol. The van der Waals surface area contributed by atoms with Crippen molar-refractivity contribution < 1.29 is 4.79 Å². The molecule has 0 spiro atoms. The van der Waals surface area contributed by atoms with Crippen molar-refractivity contribution in [3.63, 3.8) is 0 Å². The van der Waals surface area contributed by atoms with Gasteiger partial charge in [0.1, 0.15) is 10.3 Å². The topological polar surface area (TPSA) is 33.2 Å². The van der Waals surface area contributed by atoms with Crippen LogP contribution in [0.1, 0.15) is 31.2 Å². The van der Waals surface area contributed by atoms with E-state index in [0.717, 1.165) is 31.4 Å². The van der Waals surface area contributed by atoms with Crippen molar-refractivity contribution in [1.29, 1.82) is 0 Å². The standard InChI is InChI=1S/C12H14Cl2N2O/c13-10-6-5-9(12(14)15-10)8-16-7-3-1-2-4-11(16)17/h5-6H,1-4,7-8H2. The molecule has 0 unspecified atom stereocenters. The van der Waals surface area contributed by atoms with E-state index in [0.29, 0.717) is 23.3 Å². The van der Waals surface area contributed by atoms with Gasteiger partial charge in [-0.05, 0) is 18.9 Å². The average Bonchev–Trinajstić information content (AvgIpc) is 2.48. The largest absolute Gasteiger partial charge is 0.338 e. The van der Waals surface area contributed by atoms with Crippen LogP contribution in [-0.4, -0.2) is 22.3 Å². The van der Waals surface area contributed by atoms with E-state index in [1.165, 1.54) is 0 Å². The van der Waals surface area contributed by atoms with Gasteiger partial charge in [-0.1, -0.05) is 35.7 Å². The Bertz CT molecular complexity index is 423. The van der Waals surface area contributed by atoms with Crippen LogP contribution in [0.3, 0.4) is 0 Å². The smallest absolute Gasteiger partial charge is 0.222 e. The highest BCUT2D eigenvalue weighted by Gasteiger charge is 2.17. The first kappa shape index (κ1) is 12.7. The molecule has 5 heteroatoms. The van der Waals surface area contributed by atoms with Crippen LogP contribution in [0.2, 0.25) is 10.3 Å². The molecular formula is C12H14Cl2N2O. The Kier molecular flexibility index (Phi) is 4.24. The minimum atomic E-state index is 0.202. The minimum absolute atomic E-state index is 0.202. The van der Waals surface area contributed by atoms with Gasteiger partial charge in [0, 0.05) is 25.1 Å². The number of likely N-dealkylation sites (tertiary alicyclic amines) is 1. The van der Waals surface area contributed by atoms with Crippen LogP contribution >= 0.6 is 23.2 Å². The molecule has 0 N–H and O–H groups in total. The fraction of sp³-hybridized carbons (Fsp3) is 0.500. The Morgan fingerprint density at radius 1 is 1.24 bits per heavy atom. The zero-order valence-corrected chi connectivity index (χ0v) is 11.0. The van der Waals surface area contributed by atoms with Gasteiger partial charge in [-0.25, -0.2) is 4.98 Å². The van der Waals surface area contributed by atoms with Crippen LogP contribution in [0.15, 0.2) is 12.1 Å². The van der Waals surface area contributed by atoms with Gasteiger partial charge in [-0.2, -0.15) is 0 Å². The summed E-state index contributed by atoms with van der Waals surface area (Å²) < 4.78 is 0. The minimum Gasteiger partial charge on any atom is -0.338 e. The number of hydrogen-bond donors (Lipinski definition) is 0. The summed E-state index contributed by atoms with van der Waals surface area (Å²) >= 11 is 11.7. The summed E-state index contributed by atoms with van der Waals surface area (Å²) in [5.41, 5.74) is 0.853. The van der Waals surface area contributed by atoms with E-state index in [9.17, 15) is 4.79 Å². The van der Waals surface area contributed by atoms with Gasteiger partial charge in [0.15, 0.2) is 0 Å². The first-order valence-electron chi connectivity index (χ1n) is 5.75. The van der Waals surface area contributed by atoms with Crippen LogP contribution in [-0.2, 0) is 11.3 Å². The van der Waals surface area contributed by atoms with Crippen molar-refractivity contribution in [2.24, 2.45) is 0 Å². The number of amides is 1. The molecule has 1 aliphatic rings. The molecule has 0 bridgehead atoms. The molecule has 0 radical (unpaired) electrons. The van der Waals surface area contributed by atoms with E-state index in [2.05, 4.69) is 4.98 Å². The molecule has 1 saturated heterocycles. The molecule has 3 nitrogen and oxygen atoms in total. The number of rotatable bonds is 2. The lowest BCUT2D eigenvalue weighted by molar-refractivity contribution is -0.131. The molecule has 1 aromatic heterocycles. The zero-order valence-electron chi connectivity index (χ0n) is 9.46. The molecule has 0 aliphatic carbocycles. The second-order valence-electron chi connectivity index (χ2n) is 4.21. The Labute approximate surface area is 111 Å². The van der Waals surface area contributed by atoms with Crippen molar-refractivity contribution >= 4 is 29.1 Å². The van der Waals surface area contributed by atoms with E-state index in [1.807, 2.05) is 11.0 Å². The average molecular weight is 273 g/mol. The number of hydrogen-bond acceptors (Lipinski definition) is 2. The Hall–Kier alpha value is -0.800. The maximum absolute atomic E-state index is 11.8.